The van der Waals surface area contributed by atoms with E-state index in [0.29, 0.717) is 10.2 Å². The van der Waals surface area contributed by atoms with Crippen LogP contribution in [0.2, 0.25) is 0 Å². The maximum Gasteiger partial charge on any atom is 0.330 e. The average Bonchev–Trinajstić information content (AvgIpc) is 2.97. The smallest absolute Gasteiger partial charge is 0.330 e. The van der Waals surface area contributed by atoms with E-state index < -0.39 is 23.2 Å². The average molecular weight is 371 g/mol. The van der Waals surface area contributed by atoms with Crippen molar-refractivity contribution in [1.82, 2.24) is 9.55 Å². The predicted octanol–water partition coefficient (Wildman–Crippen LogP) is 2.76. The zero-order chi connectivity index (χ0) is 19.2. The molecule has 0 radical (unpaired) electrons. The minimum Gasteiger partial charge on any atom is -0.368 e. The predicted molar refractivity (Wildman–Crippen MR) is 105 cm³/mol. The van der Waals surface area contributed by atoms with Gasteiger partial charge >= 0.3 is 5.69 Å². The number of nitrogens with zero attached hydrogens (tertiary/aromatic N) is 1. The normalized spacial score (nSPS) is 13.1. The Morgan fingerprint density at radius 2 is 1.81 bits per heavy atom. The summed E-state index contributed by atoms with van der Waals surface area (Å²) in [5.41, 5.74) is 6.98. The minimum absolute atomic E-state index is 0.0319. The van der Waals surface area contributed by atoms with Gasteiger partial charge in [-0.3, -0.25) is 14.6 Å². The fraction of sp³-hybridized carbons (Fsp3) is 0.316. The Labute approximate surface area is 154 Å². The van der Waals surface area contributed by atoms with Gasteiger partial charge in [0.2, 0.25) is 5.91 Å². The van der Waals surface area contributed by atoms with E-state index in [9.17, 15) is 14.4 Å². The van der Waals surface area contributed by atoms with Crippen LogP contribution in [0.15, 0.2) is 39.2 Å². The molecule has 3 N–H and O–H groups in total. The quantitative estimate of drug-likeness (QED) is 0.741. The van der Waals surface area contributed by atoms with Gasteiger partial charge in [-0.25, -0.2) is 9.36 Å². The molecule has 0 spiro atoms. The second-order valence-corrected chi connectivity index (χ2v) is 8.24. The molecular weight excluding hydrogens is 350 g/mol. The highest BCUT2D eigenvalue weighted by atomic mass is 32.1. The lowest BCUT2D eigenvalue weighted by Gasteiger charge is -2.19. The van der Waals surface area contributed by atoms with Crippen LogP contribution in [-0.4, -0.2) is 15.5 Å². The molecule has 1 atom stereocenters. The first kappa shape index (κ1) is 18.1. The Balaban J connectivity index is 2.23. The maximum atomic E-state index is 12.9. The lowest BCUT2D eigenvalue weighted by molar-refractivity contribution is -0.120. The Kier molecular flexibility index (Phi) is 4.36. The molecule has 3 aromatic rings. The topological polar surface area (TPSA) is 97.9 Å². The van der Waals surface area contributed by atoms with Crippen molar-refractivity contribution in [3.8, 4) is 11.1 Å². The molecule has 2 heterocycles. The number of primary amides is 1. The number of benzene rings is 1. The summed E-state index contributed by atoms with van der Waals surface area (Å²) in [6.07, 6.45) is 0. The number of carbonyl (C=O) groups is 1. The van der Waals surface area contributed by atoms with Crippen molar-refractivity contribution < 1.29 is 4.79 Å². The third kappa shape index (κ3) is 2.99. The van der Waals surface area contributed by atoms with E-state index in [1.165, 1.54) is 23.8 Å². The van der Waals surface area contributed by atoms with Gasteiger partial charge < -0.3 is 5.73 Å². The molecule has 0 saturated carbocycles. The molecule has 1 aromatic carbocycles. The highest BCUT2D eigenvalue weighted by molar-refractivity contribution is 7.17. The van der Waals surface area contributed by atoms with Crippen molar-refractivity contribution in [1.29, 1.82) is 0 Å². The van der Waals surface area contributed by atoms with Crippen LogP contribution in [-0.2, 0) is 10.2 Å². The molecule has 0 fully saturated rings. The van der Waals surface area contributed by atoms with Crippen LogP contribution in [0.25, 0.3) is 21.3 Å². The Bertz CT molecular complexity index is 1100. The molecule has 6 nitrogen and oxygen atoms in total. The van der Waals surface area contributed by atoms with E-state index in [-0.39, 0.29) is 5.41 Å². The van der Waals surface area contributed by atoms with Crippen molar-refractivity contribution in [2.24, 2.45) is 5.73 Å². The fourth-order valence-corrected chi connectivity index (χ4v) is 3.82. The number of carbonyl (C=O) groups excluding carboxylic acids is 1. The van der Waals surface area contributed by atoms with Crippen LogP contribution in [0.3, 0.4) is 0 Å². The molecule has 2 aromatic heterocycles. The number of aromatic amines is 1. The number of nitrogens with one attached hydrogen (secondary N) is 1. The van der Waals surface area contributed by atoms with Crippen LogP contribution < -0.4 is 17.0 Å². The molecule has 0 saturated heterocycles. The number of rotatable bonds is 3. The molecule has 26 heavy (non-hydrogen) atoms. The molecule has 0 aliphatic rings. The van der Waals surface area contributed by atoms with Gasteiger partial charge in [0.25, 0.3) is 5.56 Å². The van der Waals surface area contributed by atoms with E-state index in [0.717, 1.165) is 15.7 Å². The molecule has 1 unspecified atom stereocenters. The van der Waals surface area contributed by atoms with Crippen molar-refractivity contribution in [3.63, 3.8) is 0 Å². The van der Waals surface area contributed by atoms with Gasteiger partial charge in [-0.05, 0) is 23.5 Å². The van der Waals surface area contributed by atoms with Crippen molar-refractivity contribution in [2.75, 3.05) is 0 Å². The molecule has 7 heteroatoms. The largest absolute Gasteiger partial charge is 0.368 e. The summed E-state index contributed by atoms with van der Waals surface area (Å²) in [6.45, 7) is 7.85. The minimum atomic E-state index is -1.02. The lowest BCUT2D eigenvalue weighted by atomic mass is 9.86. The summed E-state index contributed by atoms with van der Waals surface area (Å²) in [5, 5.41) is 2.24. The third-order valence-electron chi connectivity index (χ3n) is 4.52. The summed E-state index contributed by atoms with van der Waals surface area (Å²) in [5.74, 6) is -0.733. The second kappa shape index (κ2) is 6.25. The molecule has 0 aliphatic heterocycles. The first-order chi connectivity index (χ1) is 12.1. The highest BCUT2D eigenvalue weighted by Crippen LogP contribution is 2.32. The van der Waals surface area contributed by atoms with E-state index in [1.54, 1.807) is 0 Å². The molecule has 0 bridgehead atoms. The van der Waals surface area contributed by atoms with Crippen molar-refractivity contribution in [2.45, 2.75) is 39.2 Å². The standard InChI is InChI=1S/C19H21N3O3S/c1-10(15(20)23)22-17(24)14-13(9-26-16(14)21-18(22)25)11-5-7-12(8-6-11)19(2,3)4/h5-10H,1-4H3,(H2,20,23)(H,21,25). The first-order valence-electron chi connectivity index (χ1n) is 8.27. The second-order valence-electron chi connectivity index (χ2n) is 7.36. The molecule has 0 aliphatic carbocycles. The molecule has 1 amide bonds. The van der Waals surface area contributed by atoms with Crippen molar-refractivity contribution >= 4 is 27.5 Å². The molecule has 3 rings (SSSR count). The number of thiophene rings is 1. The van der Waals surface area contributed by atoms with Crippen LogP contribution in [0.4, 0.5) is 0 Å². The van der Waals surface area contributed by atoms with Crippen molar-refractivity contribution in [3.05, 3.63) is 56.0 Å². The van der Waals surface area contributed by atoms with Gasteiger partial charge in [0, 0.05) is 10.9 Å². The number of nitrogens with two attached hydrogens (primary N) is 1. The number of hydrogen-bond acceptors (Lipinski definition) is 4. The summed E-state index contributed by atoms with van der Waals surface area (Å²) in [7, 11) is 0. The summed E-state index contributed by atoms with van der Waals surface area (Å²) in [4.78, 5) is 39.8. The van der Waals surface area contributed by atoms with E-state index in [4.69, 9.17) is 5.73 Å². The van der Waals surface area contributed by atoms with E-state index in [2.05, 4.69) is 25.8 Å². The van der Waals surface area contributed by atoms with E-state index in [1.807, 2.05) is 29.6 Å². The third-order valence-corrected chi connectivity index (χ3v) is 5.42. The van der Waals surface area contributed by atoms with E-state index >= 15 is 0 Å². The molecular formula is C19H21N3O3S. The Morgan fingerprint density at radius 1 is 1.19 bits per heavy atom. The van der Waals surface area contributed by atoms with Crippen LogP contribution in [0.5, 0.6) is 0 Å². The zero-order valence-corrected chi connectivity index (χ0v) is 15.9. The van der Waals surface area contributed by atoms with Gasteiger partial charge in [-0.1, -0.05) is 45.0 Å². The lowest BCUT2D eigenvalue weighted by Crippen LogP contribution is -2.41. The van der Waals surface area contributed by atoms with Gasteiger partial charge in [-0.2, -0.15) is 0 Å². The number of fused-ring (bicyclic) bond motifs is 1. The zero-order valence-electron chi connectivity index (χ0n) is 15.1. The summed E-state index contributed by atoms with van der Waals surface area (Å²) < 4.78 is 0.879. The van der Waals surface area contributed by atoms with Crippen LogP contribution in [0, 0.1) is 0 Å². The number of hydrogen-bond donors (Lipinski definition) is 2. The highest BCUT2D eigenvalue weighted by Gasteiger charge is 2.21. The monoisotopic (exact) mass is 371 g/mol. The number of amides is 1. The Hall–Kier alpha value is -2.67. The fourth-order valence-electron chi connectivity index (χ4n) is 2.87. The number of aromatic nitrogens is 2. The summed E-state index contributed by atoms with van der Waals surface area (Å²) >= 11 is 1.29. The molecule has 136 valence electrons. The summed E-state index contributed by atoms with van der Waals surface area (Å²) in [6, 6.07) is 6.99. The maximum absolute atomic E-state index is 12.9. The number of H-pyrrole nitrogens is 1. The van der Waals surface area contributed by atoms with Crippen LogP contribution >= 0.6 is 11.3 Å². The van der Waals surface area contributed by atoms with Gasteiger partial charge in [-0.15, -0.1) is 11.3 Å². The van der Waals surface area contributed by atoms with Crippen LogP contribution in [0.1, 0.15) is 39.3 Å². The first-order valence-corrected chi connectivity index (χ1v) is 9.15. The SMILES string of the molecule is CC(C(N)=O)n1c(=O)[nH]c2scc(-c3ccc(C(C)(C)C)cc3)c2c1=O. The van der Waals surface area contributed by atoms with Gasteiger partial charge in [0.1, 0.15) is 10.9 Å². The Morgan fingerprint density at radius 3 is 2.35 bits per heavy atom. The van der Waals surface area contributed by atoms with Gasteiger partial charge in [0.15, 0.2) is 0 Å². The van der Waals surface area contributed by atoms with Gasteiger partial charge in [0.05, 0.1) is 5.39 Å².